The Balaban J connectivity index is 1.95. The average Bonchev–Trinajstić information content (AvgIpc) is 2.49. The first-order chi connectivity index (χ1) is 10.5. The fraction of sp³-hybridized carbons (Fsp3) is 0.118. The lowest BCUT2D eigenvalue weighted by Gasteiger charge is -2.06. The second-order valence-corrected chi connectivity index (χ2v) is 5.51. The van der Waals surface area contributed by atoms with Crippen LogP contribution >= 0.6 is 11.6 Å². The third kappa shape index (κ3) is 2.92. The molecule has 0 amide bonds. The third-order valence-electron chi connectivity index (χ3n) is 3.46. The number of fused-ring (bicyclic) bond motifs is 1. The highest BCUT2D eigenvalue weighted by atomic mass is 35.5. The van der Waals surface area contributed by atoms with E-state index in [0.29, 0.717) is 17.1 Å². The van der Waals surface area contributed by atoms with Crippen LogP contribution in [0, 0.1) is 6.92 Å². The minimum Gasteiger partial charge on any atom is -0.478 e. The van der Waals surface area contributed by atoms with Crippen molar-refractivity contribution in [1.82, 2.24) is 9.97 Å². The SMILES string of the molecule is Cc1nc2ccc(Cc3cc(C(=O)O)ccn3)cc2cc1Cl. The van der Waals surface area contributed by atoms with Gasteiger partial charge in [-0.25, -0.2) is 4.79 Å². The van der Waals surface area contributed by atoms with Crippen LogP contribution in [-0.2, 0) is 6.42 Å². The molecule has 0 fully saturated rings. The van der Waals surface area contributed by atoms with Gasteiger partial charge in [0.15, 0.2) is 0 Å². The van der Waals surface area contributed by atoms with Crippen molar-refractivity contribution < 1.29 is 9.90 Å². The van der Waals surface area contributed by atoms with Crippen LogP contribution in [0.1, 0.15) is 27.3 Å². The van der Waals surface area contributed by atoms with E-state index in [-0.39, 0.29) is 5.56 Å². The number of carboxylic acids is 1. The number of carboxylic acid groups (broad SMARTS) is 1. The van der Waals surface area contributed by atoms with E-state index < -0.39 is 5.97 Å². The summed E-state index contributed by atoms with van der Waals surface area (Å²) in [7, 11) is 0. The van der Waals surface area contributed by atoms with Gasteiger partial charge in [0.05, 0.1) is 21.8 Å². The Morgan fingerprint density at radius 2 is 2.05 bits per heavy atom. The zero-order valence-electron chi connectivity index (χ0n) is 11.9. The number of benzene rings is 1. The molecule has 110 valence electrons. The van der Waals surface area contributed by atoms with E-state index in [0.717, 1.165) is 22.2 Å². The number of rotatable bonds is 3. The molecular formula is C17H13ClN2O2. The Bertz CT molecular complexity index is 878. The molecule has 0 saturated carbocycles. The number of hydrogen-bond acceptors (Lipinski definition) is 3. The summed E-state index contributed by atoms with van der Waals surface area (Å²) in [6.45, 7) is 1.87. The standard InChI is InChI=1S/C17H13ClN2O2/c1-10-15(18)9-13-6-11(2-3-16(13)20-10)7-14-8-12(17(21)22)4-5-19-14/h2-6,8-9H,7H2,1H3,(H,21,22). The molecule has 0 radical (unpaired) electrons. The molecule has 4 nitrogen and oxygen atoms in total. The zero-order chi connectivity index (χ0) is 15.7. The van der Waals surface area contributed by atoms with Gasteiger partial charge in [-0.05, 0) is 42.8 Å². The fourth-order valence-electron chi connectivity index (χ4n) is 2.32. The molecular weight excluding hydrogens is 300 g/mol. The minimum absolute atomic E-state index is 0.242. The van der Waals surface area contributed by atoms with Gasteiger partial charge in [0.25, 0.3) is 0 Å². The molecule has 1 aromatic carbocycles. The highest BCUT2D eigenvalue weighted by Gasteiger charge is 2.07. The highest BCUT2D eigenvalue weighted by molar-refractivity contribution is 6.31. The summed E-state index contributed by atoms with van der Waals surface area (Å²) in [6, 6.07) is 10.9. The molecule has 0 aliphatic heterocycles. The second kappa shape index (κ2) is 5.73. The molecule has 2 aromatic heterocycles. The first-order valence-electron chi connectivity index (χ1n) is 6.77. The smallest absolute Gasteiger partial charge is 0.335 e. The Hall–Kier alpha value is -2.46. The first-order valence-corrected chi connectivity index (χ1v) is 7.15. The number of halogens is 1. The maximum Gasteiger partial charge on any atom is 0.335 e. The van der Waals surface area contributed by atoms with Crippen molar-refractivity contribution in [3.63, 3.8) is 0 Å². The largest absolute Gasteiger partial charge is 0.478 e. The van der Waals surface area contributed by atoms with Crippen LogP contribution in [0.4, 0.5) is 0 Å². The highest BCUT2D eigenvalue weighted by Crippen LogP contribution is 2.22. The molecule has 0 aliphatic carbocycles. The van der Waals surface area contributed by atoms with Crippen molar-refractivity contribution in [2.75, 3.05) is 0 Å². The normalized spacial score (nSPS) is 10.8. The maximum absolute atomic E-state index is 11.0. The number of aromatic carboxylic acids is 1. The van der Waals surface area contributed by atoms with Gasteiger partial charge in [-0.15, -0.1) is 0 Å². The molecule has 22 heavy (non-hydrogen) atoms. The first kappa shape index (κ1) is 14.5. The maximum atomic E-state index is 11.0. The molecule has 0 bridgehead atoms. The van der Waals surface area contributed by atoms with Crippen LogP contribution in [0.25, 0.3) is 10.9 Å². The molecule has 5 heteroatoms. The van der Waals surface area contributed by atoms with Gasteiger partial charge in [-0.1, -0.05) is 17.7 Å². The summed E-state index contributed by atoms with van der Waals surface area (Å²) in [5.74, 6) is -0.950. The molecule has 2 heterocycles. The van der Waals surface area contributed by atoms with Gasteiger partial charge in [-0.3, -0.25) is 9.97 Å². The van der Waals surface area contributed by atoms with Crippen LogP contribution in [0.15, 0.2) is 42.6 Å². The van der Waals surface area contributed by atoms with Gasteiger partial charge < -0.3 is 5.11 Å². The lowest BCUT2D eigenvalue weighted by molar-refractivity contribution is 0.0696. The van der Waals surface area contributed by atoms with E-state index in [1.807, 2.05) is 31.2 Å². The van der Waals surface area contributed by atoms with E-state index in [4.69, 9.17) is 16.7 Å². The summed E-state index contributed by atoms with van der Waals surface area (Å²) in [5.41, 5.74) is 3.68. The van der Waals surface area contributed by atoms with Crippen molar-refractivity contribution in [3.05, 3.63) is 70.1 Å². The van der Waals surface area contributed by atoms with Crippen molar-refractivity contribution in [1.29, 1.82) is 0 Å². The van der Waals surface area contributed by atoms with Crippen molar-refractivity contribution in [2.45, 2.75) is 13.3 Å². The number of pyridine rings is 2. The van der Waals surface area contributed by atoms with Gasteiger partial charge >= 0.3 is 5.97 Å². The molecule has 1 N–H and O–H groups in total. The minimum atomic E-state index is -0.950. The summed E-state index contributed by atoms with van der Waals surface area (Å²) < 4.78 is 0. The van der Waals surface area contributed by atoms with Gasteiger partial charge in [0.2, 0.25) is 0 Å². The Morgan fingerprint density at radius 1 is 1.23 bits per heavy atom. The van der Waals surface area contributed by atoms with Crippen LogP contribution in [0.2, 0.25) is 5.02 Å². The summed E-state index contributed by atoms with van der Waals surface area (Å²) in [6.07, 6.45) is 2.07. The number of aromatic nitrogens is 2. The monoisotopic (exact) mass is 312 g/mol. The van der Waals surface area contributed by atoms with Crippen molar-refractivity contribution in [3.8, 4) is 0 Å². The predicted octanol–water partition coefficient (Wildman–Crippen LogP) is 3.88. The Kier molecular flexibility index (Phi) is 3.77. The van der Waals surface area contributed by atoms with Crippen molar-refractivity contribution >= 4 is 28.5 Å². The summed E-state index contributed by atoms with van der Waals surface area (Å²) >= 11 is 6.12. The second-order valence-electron chi connectivity index (χ2n) is 5.10. The molecule has 0 aliphatic rings. The van der Waals surface area contributed by atoms with Gasteiger partial charge in [0, 0.05) is 23.7 Å². The van der Waals surface area contributed by atoms with Crippen LogP contribution in [0.3, 0.4) is 0 Å². The van der Waals surface area contributed by atoms with Crippen LogP contribution in [0.5, 0.6) is 0 Å². The fourth-order valence-corrected chi connectivity index (χ4v) is 2.48. The van der Waals surface area contributed by atoms with E-state index in [9.17, 15) is 4.79 Å². The number of nitrogens with zero attached hydrogens (tertiary/aromatic N) is 2. The Labute approximate surface area is 132 Å². The molecule has 0 atom stereocenters. The third-order valence-corrected chi connectivity index (χ3v) is 3.84. The van der Waals surface area contributed by atoms with Crippen molar-refractivity contribution in [2.24, 2.45) is 0 Å². The topological polar surface area (TPSA) is 63.1 Å². The number of hydrogen-bond donors (Lipinski definition) is 1. The predicted molar refractivity (Wildman–Crippen MR) is 85.5 cm³/mol. The summed E-state index contributed by atoms with van der Waals surface area (Å²) in [4.78, 5) is 19.7. The van der Waals surface area contributed by atoms with Gasteiger partial charge in [0.1, 0.15) is 0 Å². The Morgan fingerprint density at radius 3 is 2.82 bits per heavy atom. The number of carbonyl (C=O) groups is 1. The lowest BCUT2D eigenvalue weighted by atomic mass is 10.0. The molecule has 3 rings (SSSR count). The zero-order valence-corrected chi connectivity index (χ0v) is 12.6. The summed E-state index contributed by atoms with van der Waals surface area (Å²) in [5, 5.41) is 10.6. The van der Waals surface area contributed by atoms with Crippen LogP contribution < -0.4 is 0 Å². The van der Waals surface area contributed by atoms with E-state index in [1.54, 1.807) is 6.07 Å². The lowest BCUT2D eigenvalue weighted by Crippen LogP contribution is -2.00. The molecule has 0 unspecified atom stereocenters. The molecule has 0 spiro atoms. The quantitative estimate of drug-likeness (QED) is 0.797. The van der Waals surface area contributed by atoms with Crippen LogP contribution in [-0.4, -0.2) is 21.0 Å². The van der Waals surface area contributed by atoms with E-state index in [2.05, 4.69) is 9.97 Å². The molecule has 3 aromatic rings. The van der Waals surface area contributed by atoms with Gasteiger partial charge in [-0.2, -0.15) is 0 Å². The average molecular weight is 313 g/mol. The van der Waals surface area contributed by atoms with E-state index in [1.165, 1.54) is 12.3 Å². The molecule has 0 saturated heterocycles. The number of aryl methyl sites for hydroxylation is 1. The van der Waals surface area contributed by atoms with E-state index >= 15 is 0 Å².